The number of amides is 1. The zero-order valence-electron chi connectivity index (χ0n) is 51.9. The number of hydrogen-bond acceptors (Lipinski definition) is 10. The Morgan fingerprint density at radius 3 is 1.33 bits per heavy atom. The SMILES string of the molecule is CC/C=C\C/C=C\C/C=C\C/C=C\C/C=C\C/C=C\CCCCC(=O)OC1C(OCC(NC(=O)C(O)CCCCCCCCCCCCCCCCCCCC)C(O)/C=C/CCCCCCCCCCCCC)OC(CO)C(O)C1O. The molecule has 1 amide bonds. The van der Waals surface area contributed by atoms with E-state index in [9.17, 15) is 35.1 Å². The molecule has 8 atom stereocenters. The summed E-state index contributed by atoms with van der Waals surface area (Å²) < 4.78 is 17.6. The minimum Gasteiger partial charge on any atom is -0.454 e. The van der Waals surface area contributed by atoms with Crippen LogP contribution in [0, 0.1) is 0 Å². The molecule has 11 heteroatoms. The number of carbonyl (C=O) groups excluding carboxylic acids is 2. The summed E-state index contributed by atoms with van der Waals surface area (Å²) in [4.78, 5) is 26.6. The van der Waals surface area contributed by atoms with Gasteiger partial charge in [0.1, 0.15) is 24.4 Å². The Bertz CT molecular complexity index is 1640. The highest BCUT2D eigenvalue weighted by Gasteiger charge is 2.47. The molecular weight excluding hydrogens is 1010 g/mol. The molecule has 1 aliphatic rings. The quantitative estimate of drug-likeness (QED) is 0.0195. The van der Waals surface area contributed by atoms with Gasteiger partial charge in [-0.15, -0.1) is 0 Å². The second-order valence-electron chi connectivity index (χ2n) is 22.8. The molecule has 1 aliphatic heterocycles. The van der Waals surface area contributed by atoms with Crippen LogP contribution < -0.4 is 5.32 Å². The Balaban J connectivity index is 2.68. The lowest BCUT2D eigenvalue weighted by Crippen LogP contribution is -2.61. The van der Waals surface area contributed by atoms with E-state index in [2.05, 4.69) is 99.0 Å². The van der Waals surface area contributed by atoms with Crippen LogP contribution in [0.2, 0.25) is 0 Å². The third-order valence-electron chi connectivity index (χ3n) is 15.3. The zero-order chi connectivity index (χ0) is 58.9. The van der Waals surface area contributed by atoms with Crippen molar-refractivity contribution in [3.05, 3.63) is 85.1 Å². The third kappa shape index (κ3) is 45.0. The predicted octanol–water partition coefficient (Wildman–Crippen LogP) is 16.5. The highest BCUT2D eigenvalue weighted by molar-refractivity contribution is 5.80. The number of allylic oxidation sites excluding steroid dienone is 13. The molecule has 11 nitrogen and oxygen atoms in total. The summed E-state index contributed by atoms with van der Waals surface area (Å²) in [5.41, 5.74) is 0. The van der Waals surface area contributed by atoms with Crippen molar-refractivity contribution in [3.63, 3.8) is 0 Å². The van der Waals surface area contributed by atoms with Crippen LogP contribution in [0.3, 0.4) is 0 Å². The van der Waals surface area contributed by atoms with E-state index < -0.39 is 67.4 Å². The Hall–Kier alpha value is -3.16. The number of unbranched alkanes of at least 4 members (excludes halogenated alkanes) is 30. The molecule has 1 rings (SSSR count). The Labute approximate surface area is 495 Å². The van der Waals surface area contributed by atoms with Gasteiger partial charge in [0, 0.05) is 6.42 Å². The molecule has 8 unspecified atom stereocenters. The third-order valence-corrected chi connectivity index (χ3v) is 15.3. The second-order valence-corrected chi connectivity index (χ2v) is 22.8. The van der Waals surface area contributed by atoms with Crippen molar-refractivity contribution in [2.45, 2.75) is 333 Å². The van der Waals surface area contributed by atoms with Crippen molar-refractivity contribution in [1.29, 1.82) is 0 Å². The molecule has 0 aromatic heterocycles. The largest absolute Gasteiger partial charge is 0.454 e. The summed E-state index contributed by atoms with van der Waals surface area (Å²) in [6.45, 7) is 5.68. The van der Waals surface area contributed by atoms with E-state index in [-0.39, 0.29) is 19.4 Å². The zero-order valence-corrected chi connectivity index (χ0v) is 51.9. The molecule has 0 spiro atoms. The minimum atomic E-state index is -1.64. The maximum atomic E-state index is 13.5. The van der Waals surface area contributed by atoms with Crippen molar-refractivity contribution in [2.75, 3.05) is 13.2 Å². The van der Waals surface area contributed by atoms with Crippen LogP contribution in [0.4, 0.5) is 0 Å². The predicted molar refractivity (Wildman–Crippen MR) is 338 cm³/mol. The Morgan fingerprint density at radius 1 is 0.494 bits per heavy atom. The number of carbonyl (C=O) groups is 2. The molecule has 0 aliphatic carbocycles. The van der Waals surface area contributed by atoms with Crippen LogP contribution in [-0.2, 0) is 23.8 Å². The van der Waals surface area contributed by atoms with Crippen LogP contribution in [-0.4, -0.2) is 99.6 Å². The van der Waals surface area contributed by atoms with Crippen LogP contribution in [0.25, 0.3) is 0 Å². The van der Waals surface area contributed by atoms with Crippen molar-refractivity contribution in [1.82, 2.24) is 5.32 Å². The lowest BCUT2D eigenvalue weighted by atomic mass is 9.99. The van der Waals surface area contributed by atoms with E-state index in [1.165, 1.54) is 148 Å². The fraction of sp³-hybridized carbons (Fsp3) is 0.771. The standard InChI is InChI=1S/C70H123NO10/c1-4-7-10-13-16-19-22-25-27-29-31-32-33-35-37-40-43-46-49-52-55-58-65(75)81-68-67(77)66(76)64(59-72)80-70(68)79-60-61(62(73)56-53-50-47-44-41-38-24-21-18-15-12-9-6-3)71-69(78)63(74)57-54-51-48-45-42-39-36-34-30-28-26-23-20-17-14-11-8-5-2/h7,10,16,19,25,27,31-32,35,37,43,46,53,56,61-64,66-68,70,72-74,76-77H,4-6,8-9,11-15,17-18,20-24,26,28-30,33-34,36,38-42,44-45,47-52,54-55,57-60H2,1-3H3,(H,71,78)/b10-7-,19-16-,27-25-,32-31-,37-35-,46-43-,56-53+. The first-order valence-corrected chi connectivity index (χ1v) is 33.4. The molecule has 0 aromatic rings. The first kappa shape index (κ1) is 75.9. The number of esters is 1. The average molecular weight is 1140 g/mol. The molecule has 6 N–H and O–H groups in total. The lowest BCUT2D eigenvalue weighted by molar-refractivity contribution is -0.305. The summed E-state index contributed by atoms with van der Waals surface area (Å²) >= 11 is 0. The summed E-state index contributed by atoms with van der Waals surface area (Å²) in [5.74, 6) is -1.24. The van der Waals surface area contributed by atoms with Gasteiger partial charge >= 0.3 is 5.97 Å². The molecule has 0 aromatic carbocycles. The van der Waals surface area contributed by atoms with Crippen molar-refractivity contribution >= 4 is 11.9 Å². The van der Waals surface area contributed by atoms with Crippen molar-refractivity contribution in [2.24, 2.45) is 0 Å². The van der Waals surface area contributed by atoms with Gasteiger partial charge in [0.05, 0.1) is 25.4 Å². The van der Waals surface area contributed by atoms with E-state index in [0.29, 0.717) is 12.8 Å². The van der Waals surface area contributed by atoms with Gasteiger partial charge in [0.25, 0.3) is 0 Å². The monoisotopic (exact) mass is 1140 g/mol. The van der Waals surface area contributed by atoms with E-state index in [1.54, 1.807) is 6.08 Å². The summed E-state index contributed by atoms with van der Waals surface area (Å²) in [6, 6.07) is -1.04. The van der Waals surface area contributed by atoms with E-state index in [1.807, 2.05) is 6.08 Å². The van der Waals surface area contributed by atoms with Gasteiger partial charge in [-0.2, -0.15) is 0 Å². The number of ether oxygens (including phenoxy) is 3. The molecule has 0 bridgehead atoms. The molecule has 81 heavy (non-hydrogen) atoms. The van der Waals surface area contributed by atoms with E-state index in [0.717, 1.165) is 89.9 Å². The smallest absolute Gasteiger partial charge is 0.306 e. The number of hydrogen-bond donors (Lipinski definition) is 6. The molecular formula is C70H123NO10. The molecule has 1 saturated heterocycles. The van der Waals surface area contributed by atoms with Crippen LogP contribution >= 0.6 is 0 Å². The Morgan fingerprint density at radius 2 is 0.889 bits per heavy atom. The maximum Gasteiger partial charge on any atom is 0.306 e. The minimum absolute atomic E-state index is 0.0662. The second kappa shape index (κ2) is 57.3. The Kier molecular flexibility index (Phi) is 53.6. The maximum absolute atomic E-state index is 13.5. The lowest BCUT2D eigenvalue weighted by Gasteiger charge is -2.41. The first-order chi connectivity index (χ1) is 39.7. The van der Waals surface area contributed by atoms with Gasteiger partial charge in [0.2, 0.25) is 5.91 Å². The number of nitrogens with one attached hydrogen (secondary N) is 1. The molecule has 468 valence electrons. The highest BCUT2D eigenvalue weighted by atomic mass is 16.7. The first-order valence-electron chi connectivity index (χ1n) is 33.4. The molecule has 0 radical (unpaired) electrons. The van der Waals surface area contributed by atoms with Crippen LogP contribution in [0.15, 0.2) is 85.1 Å². The van der Waals surface area contributed by atoms with Crippen molar-refractivity contribution < 1.29 is 49.3 Å². The van der Waals surface area contributed by atoms with Crippen LogP contribution in [0.1, 0.15) is 284 Å². The summed E-state index contributed by atoms with van der Waals surface area (Å²) in [5, 5.41) is 57.1. The fourth-order valence-corrected chi connectivity index (χ4v) is 10.1. The van der Waals surface area contributed by atoms with Gasteiger partial charge in [0.15, 0.2) is 12.4 Å². The molecule has 0 saturated carbocycles. The number of rotatable bonds is 56. The molecule has 1 heterocycles. The highest BCUT2D eigenvalue weighted by Crippen LogP contribution is 2.26. The fourth-order valence-electron chi connectivity index (χ4n) is 10.1. The summed E-state index contributed by atoms with van der Waals surface area (Å²) in [6.07, 6.45) is 64.7. The van der Waals surface area contributed by atoms with Gasteiger partial charge in [-0.3, -0.25) is 9.59 Å². The van der Waals surface area contributed by atoms with Gasteiger partial charge in [-0.1, -0.05) is 286 Å². The van der Waals surface area contributed by atoms with Gasteiger partial charge in [-0.05, 0) is 77.0 Å². The van der Waals surface area contributed by atoms with E-state index >= 15 is 0 Å². The van der Waals surface area contributed by atoms with Crippen molar-refractivity contribution in [3.8, 4) is 0 Å². The van der Waals surface area contributed by atoms with Crippen LogP contribution in [0.5, 0.6) is 0 Å². The average Bonchev–Trinajstić information content (AvgIpc) is 3.53. The normalized spacial score (nSPS) is 19.2. The molecule has 1 fully saturated rings. The topological polar surface area (TPSA) is 175 Å². The summed E-state index contributed by atoms with van der Waals surface area (Å²) in [7, 11) is 0. The van der Waals surface area contributed by atoms with Gasteiger partial charge < -0.3 is 45.1 Å². The van der Waals surface area contributed by atoms with E-state index in [4.69, 9.17) is 14.2 Å². The number of aliphatic hydroxyl groups is 5. The number of aliphatic hydroxyl groups excluding tert-OH is 5. The van der Waals surface area contributed by atoms with Gasteiger partial charge in [-0.25, -0.2) is 0 Å².